The summed E-state index contributed by atoms with van der Waals surface area (Å²) in [5.41, 5.74) is 4.49. The van der Waals surface area contributed by atoms with Gasteiger partial charge in [0.25, 0.3) is 0 Å². The van der Waals surface area contributed by atoms with Crippen molar-refractivity contribution in [3.63, 3.8) is 0 Å². The van der Waals surface area contributed by atoms with Gasteiger partial charge in [-0.05, 0) is 99.5 Å². The lowest BCUT2D eigenvalue weighted by atomic mass is 9.89. The summed E-state index contributed by atoms with van der Waals surface area (Å²) in [5, 5.41) is 0. The standard InChI is InChI=1S/C29H37FN2O3.2ClH/c1-2-35-29(34)21-31-16-13-22(14-17-31)7-12-28(33)25-9-8-24-4-3-15-32(20-26(24)18-25)19-23-5-10-27(30)11-6-23;;/h5-6,8-11,18,22H,2-4,7,12-17,19-21H2,1H3;2*1H. The molecule has 0 unspecified atom stereocenters. The first-order valence-electron chi connectivity index (χ1n) is 13.0. The summed E-state index contributed by atoms with van der Waals surface area (Å²) in [6.45, 7) is 6.99. The Morgan fingerprint density at radius 3 is 2.41 bits per heavy atom. The molecule has 2 aromatic rings. The van der Waals surface area contributed by atoms with E-state index in [2.05, 4.69) is 21.9 Å². The third kappa shape index (κ3) is 9.36. The van der Waals surface area contributed by atoms with Gasteiger partial charge in [0.15, 0.2) is 5.78 Å². The fraction of sp³-hybridized carbons (Fsp3) is 0.517. The Balaban J connectivity index is 0.00000241. The van der Waals surface area contributed by atoms with Crippen LogP contribution in [-0.2, 0) is 29.0 Å². The number of likely N-dealkylation sites (tertiary alicyclic amines) is 1. The van der Waals surface area contributed by atoms with E-state index in [1.165, 1.54) is 23.3 Å². The summed E-state index contributed by atoms with van der Waals surface area (Å²) in [7, 11) is 0. The maximum atomic E-state index is 13.3. The van der Waals surface area contributed by atoms with Crippen LogP contribution in [0.1, 0.15) is 66.1 Å². The zero-order chi connectivity index (χ0) is 24.6. The predicted molar refractivity (Wildman–Crippen MR) is 149 cm³/mol. The molecule has 2 heterocycles. The molecule has 0 radical (unpaired) electrons. The van der Waals surface area contributed by atoms with Crippen LogP contribution in [0.4, 0.5) is 4.39 Å². The van der Waals surface area contributed by atoms with Crippen LogP contribution in [-0.4, -0.2) is 54.3 Å². The minimum Gasteiger partial charge on any atom is -0.465 e. The van der Waals surface area contributed by atoms with Gasteiger partial charge in [-0.2, -0.15) is 0 Å². The van der Waals surface area contributed by atoms with Crippen LogP contribution in [0.25, 0.3) is 0 Å². The zero-order valence-corrected chi connectivity index (χ0v) is 23.3. The van der Waals surface area contributed by atoms with Gasteiger partial charge in [0.1, 0.15) is 5.82 Å². The second-order valence-corrected chi connectivity index (χ2v) is 9.91. The fourth-order valence-corrected chi connectivity index (χ4v) is 5.29. The number of halogens is 3. The average molecular weight is 554 g/mol. The normalized spacial score (nSPS) is 16.6. The fourth-order valence-electron chi connectivity index (χ4n) is 5.29. The number of carbonyl (C=O) groups is 2. The average Bonchev–Trinajstić information content (AvgIpc) is 3.06. The van der Waals surface area contributed by atoms with Gasteiger partial charge in [-0.15, -0.1) is 24.8 Å². The van der Waals surface area contributed by atoms with Crippen LogP contribution in [0, 0.1) is 11.7 Å². The van der Waals surface area contributed by atoms with Crippen molar-refractivity contribution in [1.82, 2.24) is 9.80 Å². The molecule has 1 fully saturated rings. The van der Waals surface area contributed by atoms with E-state index < -0.39 is 0 Å². The molecule has 2 aliphatic heterocycles. The van der Waals surface area contributed by atoms with E-state index in [9.17, 15) is 14.0 Å². The molecule has 0 N–H and O–H groups in total. The molecule has 2 aromatic carbocycles. The number of benzene rings is 2. The smallest absolute Gasteiger partial charge is 0.320 e. The Bertz CT molecular complexity index is 1010. The predicted octanol–water partition coefficient (Wildman–Crippen LogP) is 5.86. The number of ether oxygens (including phenoxy) is 1. The molecule has 4 rings (SSSR count). The van der Waals surface area contributed by atoms with Gasteiger partial charge in [-0.25, -0.2) is 4.39 Å². The molecule has 8 heteroatoms. The molecule has 204 valence electrons. The highest BCUT2D eigenvalue weighted by Gasteiger charge is 2.23. The zero-order valence-electron chi connectivity index (χ0n) is 21.6. The first-order chi connectivity index (χ1) is 17.0. The molecule has 0 aromatic heterocycles. The molecular formula is C29H39Cl2FN2O3. The molecule has 37 heavy (non-hydrogen) atoms. The largest absolute Gasteiger partial charge is 0.465 e. The van der Waals surface area contributed by atoms with Crippen LogP contribution in [0.15, 0.2) is 42.5 Å². The number of rotatable bonds is 9. The van der Waals surface area contributed by atoms with Crippen molar-refractivity contribution in [3.05, 3.63) is 70.5 Å². The lowest BCUT2D eigenvalue weighted by molar-refractivity contribution is -0.144. The van der Waals surface area contributed by atoms with Crippen LogP contribution in [0.2, 0.25) is 0 Å². The molecule has 0 atom stereocenters. The van der Waals surface area contributed by atoms with Crippen molar-refractivity contribution < 1.29 is 18.7 Å². The summed E-state index contributed by atoms with van der Waals surface area (Å²) in [6.07, 6.45) is 5.62. The van der Waals surface area contributed by atoms with Gasteiger partial charge >= 0.3 is 5.97 Å². The number of hydrogen-bond acceptors (Lipinski definition) is 5. The molecule has 5 nitrogen and oxygen atoms in total. The summed E-state index contributed by atoms with van der Waals surface area (Å²) in [6, 6.07) is 13.0. The number of Topliss-reactive ketones (excluding diaryl/α,β-unsaturated/α-hetero) is 1. The Kier molecular flexibility index (Phi) is 13.0. The first-order valence-corrected chi connectivity index (χ1v) is 13.0. The number of ketones is 1. The highest BCUT2D eigenvalue weighted by molar-refractivity contribution is 5.96. The third-order valence-electron chi connectivity index (χ3n) is 7.31. The van der Waals surface area contributed by atoms with Crippen molar-refractivity contribution >= 4 is 36.6 Å². The number of nitrogens with zero attached hydrogens (tertiary/aromatic N) is 2. The SMILES string of the molecule is CCOC(=O)CN1CCC(CCC(=O)c2ccc3c(c2)CN(Cc2ccc(F)cc2)CCC3)CC1.Cl.Cl. The second kappa shape index (κ2) is 15.4. The monoisotopic (exact) mass is 552 g/mol. The summed E-state index contributed by atoms with van der Waals surface area (Å²) < 4.78 is 18.3. The maximum absolute atomic E-state index is 13.3. The quantitative estimate of drug-likeness (QED) is 0.288. The van der Waals surface area contributed by atoms with Gasteiger partial charge in [-0.3, -0.25) is 19.4 Å². The second-order valence-electron chi connectivity index (χ2n) is 9.91. The van der Waals surface area contributed by atoms with Gasteiger partial charge < -0.3 is 4.74 Å². The van der Waals surface area contributed by atoms with Crippen molar-refractivity contribution in [3.8, 4) is 0 Å². The molecule has 0 spiro atoms. The van der Waals surface area contributed by atoms with E-state index >= 15 is 0 Å². The minimum absolute atomic E-state index is 0. The van der Waals surface area contributed by atoms with Crippen LogP contribution in [0.5, 0.6) is 0 Å². The number of fused-ring (bicyclic) bond motifs is 1. The van der Waals surface area contributed by atoms with Gasteiger partial charge in [0, 0.05) is 25.1 Å². The topological polar surface area (TPSA) is 49.9 Å². The minimum atomic E-state index is -0.208. The van der Waals surface area contributed by atoms with E-state index in [1.54, 1.807) is 0 Å². The Hall–Kier alpha value is -1.99. The van der Waals surface area contributed by atoms with Gasteiger partial charge in [0.05, 0.1) is 13.2 Å². The molecule has 0 aliphatic carbocycles. The lowest BCUT2D eigenvalue weighted by Gasteiger charge is -2.31. The molecule has 0 bridgehead atoms. The summed E-state index contributed by atoms with van der Waals surface area (Å²) in [5.74, 6) is 0.390. The van der Waals surface area contributed by atoms with Gasteiger partial charge in [-0.1, -0.05) is 24.3 Å². The Morgan fingerprint density at radius 1 is 0.973 bits per heavy atom. The van der Waals surface area contributed by atoms with E-state index in [-0.39, 0.29) is 42.4 Å². The molecule has 0 amide bonds. The van der Waals surface area contributed by atoms with Crippen molar-refractivity contribution in [2.75, 3.05) is 32.8 Å². The van der Waals surface area contributed by atoms with E-state index in [4.69, 9.17) is 4.74 Å². The third-order valence-corrected chi connectivity index (χ3v) is 7.31. The Labute approximate surface area is 232 Å². The van der Waals surface area contributed by atoms with E-state index in [1.807, 2.05) is 25.1 Å². The number of esters is 1. The Morgan fingerprint density at radius 2 is 1.70 bits per heavy atom. The molecule has 0 saturated carbocycles. The van der Waals surface area contributed by atoms with Crippen LogP contribution in [0.3, 0.4) is 0 Å². The summed E-state index contributed by atoms with van der Waals surface area (Å²) >= 11 is 0. The van der Waals surface area contributed by atoms with Gasteiger partial charge in [0.2, 0.25) is 0 Å². The molecular weight excluding hydrogens is 514 g/mol. The van der Waals surface area contributed by atoms with Crippen molar-refractivity contribution in [2.24, 2.45) is 5.92 Å². The highest BCUT2D eigenvalue weighted by Crippen LogP contribution is 2.25. The summed E-state index contributed by atoms with van der Waals surface area (Å²) in [4.78, 5) is 29.3. The highest BCUT2D eigenvalue weighted by atomic mass is 35.5. The van der Waals surface area contributed by atoms with Crippen molar-refractivity contribution in [2.45, 2.75) is 58.5 Å². The molecule has 1 saturated heterocycles. The van der Waals surface area contributed by atoms with E-state index in [0.29, 0.717) is 25.5 Å². The van der Waals surface area contributed by atoms with Crippen LogP contribution < -0.4 is 0 Å². The molecule has 2 aliphatic rings. The van der Waals surface area contributed by atoms with E-state index in [0.717, 1.165) is 76.0 Å². The number of piperidine rings is 1. The maximum Gasteiger partial charge on any atom is 0.320 e. The lowest BCUT2D eigenvalue weighted by Crippen LogP contribution is -2.38. The number of aryl methyl sites for hydroxylation is 1. The van der Waals surface area contributed by atoms with Crippen LogP contribution >= 0.6 is 24.8 Å². The first kappa shape index (κ1) is 31.2. The van der Waals surface area contributed by atoms with Crippen molar-refractivity contribution in [1.29, 1.82) is 0 Å². The number of carbonyl (C=O) groups excluding carboxylic acids is 2. The number of hydrogen-bond donors (Lipinski definition) is 0.